The van der Waals surface area contributed by atoms with Gasteiger partial charge in [0.05, 0.1) is 5.75 Å². The van der Waals surface area contributed by atoms with Crippen LogP contribution in [0.15, 0.2) is 4.79 Å². The second-order valence-corrected chi connectivity index (χ2v) is 6.15. The van der Waals surface area contributed by atoms with Gasteiger partial charge in [0.25, 0.3) is 0 Å². The van der Waals surface area contributed by atoms with Crippen molar-refractivity contribution in [2.45, 2.75) is 26.3 Å². The Kier molecular flexibility index (Phi) is 3.34. The summed E-state index contributed by atoms with van der Waals surface area (Å²) in [6.45, 7) is 2.94. The molecule has 1 N–H and O–H groups in total. The van der Waals surface area contributed by atoms with Crippen LogP contribution in [0.5, 0.6) is 0 Å². The first-order valence-corrected chi connectivity index (χ1v) is 7.27. The molecule has 0 unspecified atom stereocenters. The third-order valence-corrected chi connectivity index (χ3v) is 4.93. The van der Waals surface area contributed by atoms with Crippen LogP contribution in [-0.4, -0.2) is 46.3 Å². The second-order valence-electron chi connectivity index (χ2n) is 4.06. The Balaban J connectivity index is 2.17. The van der Waals surface area contributed by atoms with Crippen molar-refractivity contribution in [3.05, 3.63) is 16.3 Å². The van der Waals surface area contributed by atoms with Crippen LogP contribution in [-0.2, 0) is 23.0 Å². The molecule has 0 radical (unpaired) electrons. The van der Waals surface area contributed by atoms with Crippen molar-refractivity contribution in [2.75, 3.05) is 18.8 Å². The molecule has 8 heteroatoms. The number of aromatic amines is 1. The number of rotatable bonds is 3. The van der Waals surface area contributed by atoms with Crippen LogP contribution in [0.2, 0.25) is 0 Å². The second kappa shape index (κ2) is 4.61. The molecule has 1 aliphatic heterocycles. The Morgan fingerprint density at radius 3 is 2.82 bits per heavy atom. The van der Waals surface area contributed by atoms with Crippen LogP contribution in [0.25, 0.3) is 0 Å². The summed E-state index contributed by atoms with van der Waals surface area (Å²) >= 11 is 0. The molecule has 0 amide bonds. The van der Waals surface area contributed by atoms with Crippen LogP contribution in [0.4, 0.5) is 0 Å². The lowest BCUT2D eigenvalue weighted by Crippen LogP contribution is -2.35. The number of aromatic nitrogens is 3. The van der Waals surface area contributed by atoms with Gasteiger partial charge < -0.3 is 0 Å². The Morgan fingerprint density at radius 1 is 1.35 bits per heavy atom. The van der Waals surface area contributed by atoms with E-state index in [1.165, 1.54) is 8.87 Å². The van der Waals surface area contributed by atoms with Crippen molar-refractivity contribution in [1.82, 2.24) is 19.1 Å². The molecule has 17 heavy (non-hydrogen) atoms. The van der Waals surface area contributed by atoms with Gasteiger partial charge in [-0.25, -0.2) is 18.3 Å². The molecule has 0 saturated heterocycles. The minimum absolute atomic E-state index is 0.158. The fraction of sp³-hybridized carbons (Fsp3) is 0.778. The quantitative estimate of drug-likeness (QED) is 0.768. The maximum absolute atomic E-state index is 11.9. The van der Waals surface area contributed by atoms with E-state index in [0.29, 0.717) is 38.3 Å². The summed E-state index contributed by atoms with van der Waals surface area (Å²) in [4.78, 5) is 11.4. The summed E-state index contributed by atoms with van der Waals surface area (Å²) in [5.41, 5.74) is -0.269. The highest BCUT2D eigenvalue weighted by atomic mass is 32.2. The molecule has 0 aromatic carbocycles. The van der Waals surface area contributed by atoms with Crippen molar-refractivity contribution >= 4 is 10.0 Å². The molecule has 2 heterocycles. The predicted molar refractivity (Wildman–Crippen MR) is 62.2 cm³/mol. The average molecular weight is 260 g/mol. The fourth-order valence-corrected chi connectivity index (χ4v) is 3.49. The van der Waals surface area contributed by atoms with Gasteiger partial charge in [-0.1, -0.05) is 6.92 Å². The van der Waals surface area contributed by atoms with E-state index in [1.54, 1.807) is 0 Å². The van der Waals surface area contributed by atoms with Gasteiger partial charge in [-0.05, 0) is 6.42 Å². The third kappa shape index (κ3) is 2.42. The standard InChI is InChI=1S/C9H16N4O3S/c1-2-7-17(15,16)12-4-3-8-10-11-9(14)13(8)6-5-12/h2-7H2,1H3,(H,11,14). The molecular weight excluding hydrogens is 244 g/mol. The largest absolute Gasteiger partial charge is 0.343 e. The van der Waals surface area contributed by atoms with E-state index >= 15 is 0 Å². The van der Waals surface area contributed by atoms with Crippen LogP contribution in [0.1, 0.15) is 19.2 Å². The van der Waals surface area contributed by atoms with Crippen molar-refractivity contribution in [3.63, 3.8) is 0 Å². The van der Waals surface area contributed by atoms with E-state index in [0.717, 1.165) is 0 Å². The Bertz CT molecular complexity index is 545. The topological polar surface area (TPSA) is 88.1 Å². The Morgan fingerprint density at radius 2 is 2.12 bits per heavy atom. The molecule has 1 aliphatic rings. The van der Waals surface area contributed by atoms with Crippen molar-refractivity contribution in [2.24, 2.45) is 0 Å². The molecule has 0 spiro atoms. The van der Waals surface area contributed by atoms with Crippen molar-refractivity contribution < 1.29 is 8.42 Å². The van der Waals surface area contributed by atoms with Gasteiger partial charge in [-0.15, -0.1) is 0 Å². The van der Waals surface area contributed by atoms with E-state index in [9.17, 15) is 13.2 Å². The Hall–Kier alpha value is -1.15. The molecule has 0 fully saturated rings. The molecule has 1 aromatic rings. The summed E-state index contributed by atoms with van der Waals surface area (Å²) in [5.74, 6) is 0.787. The molecular formula is C9H16N4O3S. The third-order valence-electron chi connectivity index (χ3n) is 2.85. The monoisotopic (exact) mass is 260 g/mol. The zero-order chi connectivity index (χ0) is 12.5. The first-order chi connectivity index (χ1) is 8.04. The molecule has 0 saturated carbocycles. The zero-order valence-electron chi connectivity index (χ0n) is 9.72. The lowest BCUT2D eigenvalue weighted by Gasteiger charge is -2.18. The number of hydrogen-bond acceptors (Lipinski definition) is 4. The van der Waals surface area contributed by atoms with E-state index < -0.39 is 10.0 Å². The molecule has 0 bridgehead atoms. The van der Waals surface area contributed by atoms with Crippen molar-refractivity contribution in [3.8, 4) is 0 Å². The highest BCUT2D eigenvalue weighted by molar-refractivity contribution is 7.89. The summed E-state index contributed by atoms with van der Waals surface area (Å²) < 4.78 is 26.8. The fourth-order valence-electron chi connectivity index (χ4n) is 1.99. The minimum atomic E-state index is -3.19. The lowest BCUT2D eigenvalue weighted by molar-refractivity contribution is 0.412. The van der Waals surface area contributed by atoms with Gasteiger partial charge in [0.2, 0.25) is 10.0 Å². The van der Waals surface area contributed by atoms with Gasteiger partial charge in [-0.3, -0.25) is 4.57 Å². The van der Waals surface area contributed by atoms with E-state index in [1.807, 2.05) is 6.92 Å². The van der Waals surface area contributed by atoms with E-state index in [-0.39, 0.29) is 11.4 Å². The van der Waals surface area contributed by atoms with Gasteiger partial charge in [0, 0.05) is 26.1 Å². The first-order valence-electron chi connectivity index (χ1n) is 5.66. The van der Waals surface area contributed by atoms with Crippen molar-refractivity contribution in [1.29, 1.82) is 0 Å². The maximum atomic E-state index is 11.9. The summed E-state index contributed by atoms with van der Waals surface area (Å²) in [6, 6.07) is 0. The van der Waals surface area contributed by atoms with E-state index in [2.05, 4.69) is 10.2 Å². The molecule has 0 aliphatic carbocycles. The summed E-state index contributed by atoms with van der Waals surface area (Å²) in [5, 5.41) is 6.26. The van der Waals surface area contributed by atoms with Gasteiger partial charge in [0.15, 0.2) is 0 Å². The zero-order valence-corrected chi connectivity index (χ0v) is 10.5. The Labute approximate surface area is 99.5 Å². The van der Waals surface area contributed by atoms with Crippen LogP contribution < -0.4 is 5.69 Å². The van der Waals surface area contributed by atoms with Crippen LogP contribution >= 0.6 is 0 Å². The number of H-pyrrole nitrogens is 1. The molecule has 96 valence electrons. The molecule has 1 aromatic heterocycles. The number of nitrogens with one attached hydrogen (secondary N) is 1. The summed E-state index contributed by atoms with van der Waals surface area (Å²) in [6.07, 6.45) is 1.08. The number of fused-ring (bicyclic) bond motifs is 1. The van der Waals surface area contributed by atoms with Gasteiger partial charge in [-0.2, -0.15) is 9.40 Å². The number of nitrogens with zero attached hydrogens (tertiary/aromatic N) is 3. The minimum Gasteiger partial charge on any atom is -0.278 e. The highest BCUT2D eigenvalue weighted by Crippen LogP contribution is 2.09. The average Bonchev–Trinajstić information content (AvgIpc) is 2.51. The number of hydrogen-bond donors (Lipinski definition) is 1. The molecule has 0 atom stereocenters. The normalized spacial score (nSPS) is 17.7. The van der Waals surface area contributed by atoms with Gasteiger partial charge in [0.1, 0.15) is 5.82 Å². The highest BCUT2D eigenvalue weighted by Gasteiger charge is 2.25. The van der Waals surface area contributed by atoms with Crippen LogP contribution in [0, 0.1) is 0 Å². The van der Waals surface area contributed by atoms with Crippen LogP contribution in [0.3, 0.4) is 0 Å². The van der Waals surface area contributed by atoms with Gasteiger partial charge >= 0.3 is 5.69 Å². The molecule has 7 nitrogen and oxygen atoms in total. The molecule has 2 rings (SSSR count). The lowest BCUT2D eigenvalue weighted by atomic mass is 10.4. The maximum Gasteiger partial charge on any atom is 0.343 e. The number of sulfonamides is 1. The smallest absolute Gasteiger partial charge is 0.278 e. The van der Waals surface area contributed by atoms with E-state index in [4.69, 9.17) is 0 Å². The predicted octanol–water partition coefficient (Wildman–Crippen LogP) is -0.831. The SMILES string of the molecule is CCCS(=O)(=O)N1CCc2n[nH]c(=O)n2CC1. The first kappa shape index (κ1) is 12.3. The summed E-state index contributed by atoms with van der Waals surface area (Å²) in [7, 11) is -3.19.